The zero-order chi connectivity index (χ0) is 14.8. The molecule has 2 fully saturated rings. The Hall–Kier alpha value is -1.72. The average molecular weight is 297 g/mol. The molecule has 5 heteroatoms. The van der Waals surface area contributed by atoms with Crippen molar-refractivity contribution in [2.24, 2.45) is 0 Å². The van der Waals surface area contributed by atoms with Crippen LogP contribution in [0.4, 0.5) is 0 Å². The SMILES string of the molecule is c1cnc(-n2cccn2)c(CNC2CCN3CCCC3C2)c1. The third kappa shape index (κ3) is 2.78. The Bertz CT molecular complexity index is 609. The van der Waals surface area contributed by atoms with Gasteiger partial charge in [0.1, 0.15) is 0 Å². The van der Waals surface area contributed by atoms with E-state index in [2.05, 4.69) is 26.4 Å². The van der Waals surface area contributed by atoms with E-state index in [1.807, 2.05) is 29.2 Å². The maximum Gasteiger partial charge on any atom is 0.157 e. The highest BCUT2D eigenvalue weighted by molar-refractivity contribution is 5.32. The molecule has 0 aromatic carbocycles. The molecule has 0 saturated carbocycles. The standard InChI is InChI=1S/C17H23N5/c1-4-14(17(18-7-1)22-10-3-8-20-22)13-19-15-6-11-21-9-2-5-16(21)12-15/h1,3-4,7-8,10,15-16,19H,2,5-6,9,11-13H2. The lowest BCUT2D eigenvalue weighted by molar-refractivity contribution is 0.166. The third-order valence-electron chi connectivity index (χ3n) is 4.99. The van der Waals surface area contributed by atoms with Gasteiger partial charge in [-0.05, 0) is 50.9 Å². The lowest BCUT2D eigenvalue weighted by Crippen LogP contribution is -2.45. The molecule has 2 aromatic heterocycles. The molecular weight excluding hydrogens is 274 g/mol. The fourth-order valence-electron chi connectivity index (χ4n) is 3.83. The Morgan fingerprint density at radius 1 is 1.18 bits per heavy atom. The smallest absolute Gasteiger partial charge is 0.157 e. The molecule has 2 aliphatic rings. The molecule has 1 N–H and O–H groups in total. The quantitative estimate of drug-likeness (QED) is 0.937. The van der Waals surface area contributed by atoms with Gasteiger partial charge in [0, 0.05) is 42.8 Å². The van der Waals surface area contributed by atoms with Crippen LogP contribution in [0.25, 0.3) is 5.82 Å². The summed E-state index contributed by atoms with van der Waals surface area (Å²) in [5.41, 5.74) is 1.21. The summed E-state index contributed by atoms with van der Waals surface area (Å²) < 4.78 is 1.84. The fourth-order valence-corrected chi connectivity index (χ4v) is 3.83. The topological polar surface area (TPSA) is 46.0 Å². The predicted molar refractivity (Wildman–Crippen MR) is 85.8 cm³/mol. The molecule has 2 unspecified atom stereocenters. The number of rotatable bonds is 4. The van der Waals surface area contributed by atoms with E-state index in [0.29, 0.717) is 6.04 Å². The summed E-state index contributed by atoms with van der Waals surface area (Å²) in [7, 11) is 0. The Kier molecular flexibility index (Phi) is 3.91. The van der Waals surface area contributed by atoms with Gasteiger partial charge in [-0.1, -0.05) is 6.07 Å². The van der Waals surface area contributed by atoms with Gasteiger partial charge in [-0.2, -0.15) is 5.10 Å². The molecule has 0 spiro atoms. The van der Waals surface area contributed by atoms with Crippen molar-refractivity contribution in [3.8, 4) is 5.82 Å². The second-order valence-corrected chi connectivity index (χ2v) is 6.37. The first-order chi connectivity index (χ1) is 10.9. The van der Waals surface area contributed by atoms with Crippen LogP contribution in [0.5, 0.6) is 0 Å². The number of nitrogens with zero attached hydrogens (tertiary/aromatic N) is 4. The van der Waals surface area contributed by atoms with E-state index in [4.69, 9.17) is 0 Å². The molecule has 0 radical (unpaired) electrons. The normalized spacial score (nSPS) is 25.3. The Morgan fingerprint density at radius 2 is 2.18 bits per heavy atom. The Balaban J connectivity index is 1.42. The minimum Gasteiger partial charge on any atom is -0.310 e. The van der Waals surface area contributed by atoms with Gasteiger partial charge in [-0.15, -0.1) is 0 Å². The van der Waals surface area contributed by atoms with Gasteiger partial charge in [0.25, 0.3) is 0 Å². The zero-order valence-corrected chi connectivity index (χ0v) is 12.9. The van der Waals surface area contributed by atoms with Gasteiger partial charge >= 0.3 is 0 Å². The van der Waals surface area contributed by atoms with Crippen LogP contribution >= 0.6 is 0 Å². The number of aromatic nitrogens is 3. The maximum absolute atomic E-state index is 4.49. The van der Waals surface area contributed by atoms with Crippen molar-refractivity contribution in [2.45, 2.75) is 44.3 Å². The van der Waals surface area contributed by atoms with Gasteiger partial charge in [-0.25, -0.2) is 9.67 Å². The first-order valence-electron chi connectivity index (χ1n) is 8.31. The highest BCUT2D eigenvalue weighted by Crippen LogP contribution is 2.27. The van der Waals surface area contributed by atoms with Crippen LogP contribution < -0.4 is 5.32 Å². The molecule has 5 nitrogen and oxygen atoms in total. The summed E-state index contributed by atoms with van der Waals surface area (Å²) in [6.45, 7) is 3.42. The van der Waals surface area contributed by atoms with Crippen molar-refractivity contribution in [1.82, 2.24) is 25.0 Å². The zero-order valence-electron chi connectivity index (χ0n) is 12.9. The van der Waals surface area contributed by atoms with Crippen molar-refractivity contribution in [1.29, 1.82) is 0 Å². The fraction of sp³-hybridized carbons (Fsp3) is 0.529. The molecule has 4 heterocycles. The maximum atomic E-state index is 4.49. The van der Waals surface area contributed by atoms with E-state index < -0.39 is 0 Å². The lowest BCUT2D eigenvalue weighted by atomic mass is 9.97. The summed E-state index contributed by atoms with van der Waals surface area (Å²) in [5.74, 6) is 0.929. The highest BCUT2D eigenvalue weighted by atomic mass is 15.3. The largest absolute Gasteiger partial charge is 0.310 e. The molecule has 116 valence electrons. The average Bonchev–Trinajstić information content (AvgIpc) is 3.24. The summed E-state index contributed by atoms with van der Waals surface area (Å²) >= 11 is 0. The molecule has 2 aromatic rings. The molecule has 0 aliphatic carbocycles. The van der Waals surface area contributed by atoms with Crippen molar-refractivity contribution in [3.05, 3.63) is 42.4 Å². The van der Waals surface area contributed by atoms with Crippen LogP contribution in [-0.2, 0) is 6.54 Å². The van der Waals surface area contributed by atoms with E-state index in [0.717, 1.165) is 18.4 Å². The lowest BCUT2D eigenvalue weighted by Gasteiger charge is -2.35. The Morgan fingerprint density at radius 3 is 3.09 bits per heavy atom. The van der Waals surface area contributed by atoms with Crippen molar-refractivity contribution >= 4 is 0 Å². The number of fused-ring (bicyclic) bond motifs is 1. The molecule has 0 bridgehead atoms. The summed E-state index contributed by atoms with van der Waals surface area (Å²) in [6.07, 6.45) is 10.9. The van der Waals surface area contributed by atoms with E-state index >= 15 is 0 Å². The number of piperidine rings is 1. The number of nitrogens with one attached hydrogen (secondary N) is 1. The molecule has 4 rings (SSSR count). The second kappa shape index (κ2) is 6.18. The van der Waals surface area contributed by atoms with Crippen LogP contribution in [0.15, 0.2) is 36.8 Å². The first kappa shape index (κ1) is 13.9. The van der Waals surface area contributed by atoms with Crippen LogP contribution in [0, 0.1) is 0 Å². The number of hydrogen-bond acceptors (Lipinski definition) is 4. The van der Waals surface area contributed by atoms with Crippen molar-refractivity contribution in [2.75, 3.05) is 13.1 Å². The van der Waals surface area contributed by atoms with Gasteiger partial charge < -0.3 is 10.2 Å². The molecule has 2 atom stereocenters. The molecule has 2 aliphatic heterocycles. The van der Waals surface area contributed by atoms with Gasteiger partial charge in [0.15, 0.2) is 5.82 Å². The van der Waals surface area contributed by atoms with E-state index in [-0.39, 0.29) is 0 Å². The van der Waals surface area contributed by atoms with Gasteiger partial charge in [0.05, 0.1) is 0 Å². The summed E-state index contributed by atoms with van der Waals surface area (Å²) in [5, 5.41) is 8.05. The van der Waals surface area contributed by atoms with Crippen LogP contribution in [-0.4, -0.2) is 44.8 Å². The summed E-state index contributed by atoms with van der Waals surface area (Å²) in [4.78, 5) is 7.15. The monoisotopic (exact) mass is 297 g/mol. The number of hydrogen-bond donors (Lipinski definition) is 1. The van der Waals surface area contributed by atoms with Gasteiger partial charge in [-0.3, -0.25) is 0 Å². The molecule has 22 heavy (non-hydrogen) atoms. The third-order valence-corrected chi connectivity index (χ3v) is 4.99. The number of pyridine rings is 1. The first-order valence-corrected chi connectivity index (χ1v) is 8.31. The van der Waals surface area contributed by atoms with E-state index in [1.54, 1.807) is 6.20 Å². The second-order valence-electron chi connectivity index (χ2n) is 6.37. The van der Waals surface area contributed by atoms with Crippen molar-refractivity contribution in [3.63, 3.8) is 0 Å². The highest BCUT2D eigenvalue weighted by Gasteiger charge is 2.31. The molecule has 2 saturated heterocycles. The predicted octanol–water partition coefficient (Wildman–Crippen LogP) is 1.98. The minimum absolute atomic E-state index is 0.630. The Labute approximate surface area is 131 Å². The van der Waals surface area contributed by atoms with Crippen LogP contribution in [0.1, 0.15) is 31.2 Å². The molecular formula is C17H23N5. The van der Waals surface area contributed by atoms with E-state index in [1.165, 1.54) is 44.3 Å². The van der Waals surface area contributed by atoms with Gasteiger partial charge in [0.2, 0.25) is 0 Å². The minimum atomic E-state index is 0.630. The van der Waals surface area contributed by atoms with Crippen molar-refractivity contribution < 1.29 is 0 Å². The summed E-state index contributed by atoms with van der Waals surface area (Å²) in [6, 6.07) is 7.52. The molecule has 0 amide bonds. The van der Waals surface area contributed by atoms with Crippen LogP contribution in [0.2, 0.25) is 0 Å². The van der Waals surface area contributed by atoms with E-state index in [9.17, 15) is 0 Å². The van der Waals surface area contributed by atoms with Crippen LogP contribution in [0.3, 0.4) is 0 Å².